The van der Waals surface area contributed by atoms with Gasteiger partial charge >= 0.3 is 0 Å². The highest BCUT2D eigenvalue weighted by Crippen LogP contribution is 2.30. The van der Waals surface area contributed by atoms with E-state index in [0.29, 0.717) is 0 Å². The highest BCUT2D eigenvalue weighted by molar-refractivity contribution is 5.28. The molecule has 1 saturated carbocycles. The monoisotopic (exact) mass is 249 g/mol. The second kappa shape index (κ2) is 6.21. The highest BCUT2D eigenvalue weighted by Gasteiger charge is 2.24. The van der Waals surface area contributed by atoms with E-state index in [1.165, 1.54) is 12.8 Å². The first-order chi connectivity index (χ1) is 8.72. The smallest absolute Gasteiger partial charge is 0.118 e. The molecule has 0 aromatic heterocycles. The van der Waals surface area contributed by atoms with Crippen LogP contribution >= 0.6 is 0 Å². The van der Waals surface area contributed by atoms with Crippen molar-refractivity contribution in [1.29, 1.82) is 0 Å². The topological polar surface area (TPSA) is 32.7 Å². The normalized spacial score (nSPS) is 16.9. The van der Waals surface area contributed by atoms with Crippen LogP contribution in [0.2, 0.25) is 0 Å². The van der Waals surface area contributed by atoms with E-state index >= 15 is 0 Å². The fourth-order valence-electron chi connectivity index (χ4n) is 2.17. The Balaban J connectivity index is 1.89. The molecule has 0 radical (unpaired) electrons. The maximum absolute atomic E-state index is 10.2. The van der Waals surface area contributed by atoms with Gasteiger partial charge in [0.15, 0.2) is 0 Å². The maximum Gasteiger partial charge on any atom is 0.118 e. The van der Waals surface area contributed by atoms with Crippen LogP contribution in [0.3, 0.4) is 0 Å². The Morgan fingerprint density at radius 3 is 2.50 bits per heavy atom. The molecule has 1 aliphatic carbocycles. The van der Waals surface area contributed by atoms with Crippen molar-refractivity contribution in [3.05, 3.63) is 29.8 Å². The maximum atomic E-state index is 10.2. The molecular weight excluding hydrogens is 226 g/mol. The van der Waals surface area contributed by atoms with Crippen molar-refractivity contribution in [2.75, 3.05) is 26.7 Å². The van der Waals surface area contributed by atoms with Crippen LogP contribution in [-0.2, 0) is 0 Å². The first-order valence-electron chi connectivity index (χ1n) is 6.77. The molecule has 0 amide bonds. The minimum Gasteiger partial charge on any atom is -0.497 e. The molecule has 2 rings (SSSR count). The molecule has 3 nitrogen and oxygen atoms in total. The molecule has 1 N–H and O–H groups in total. The second-order valence-electron chi connectivity index (χ2n) is 5.08. The van der Waals surface area contributed by atoms with Crippen LogP contribution in [0.15, 0.2) is 24.3 Å². The van der Waals surface area contributed by atoms with Crippen LogP contribution in [0, 0.1) is 5.92 Å². The first kappa shape index (κ1) is 13.4. The van der Waals surface area contributed by atoms with Crippen molar-refractivity contribution >= 4 is 0 Å². The van der Waals surface area contributed by atoms with E-state index in [4.69, 9.17) is 4.74 Å². The quantitative estimate of drug-likeness (QED) is 0.805. The fourth-order valence-corrected chi connectivity index (χ4v) is 2.17. The average molecular weight is 249 g/mol. The summed E-state index contributed by atoms with van der Waals surface area (Å²) >= 11 is 0. The lowest BCUT2D eigenvalue weighted by atomic mass is 10.1. The van der Waals surface area contributed by atoms with Crippen LogP contribution in [-0.4, -0.2) is 36.8 Å². The lowest BCUT2D eigenvalue weighted by Gasteiger charge is -2.23. The van der Waals surface area contributed by atoms with Crippen molar-refractivity contribution in [3.63, 3.8) is 0 Å². The number of rotatable bonds is 7. The molecule has 0 saturated heterocycles. The predicted molar refractivity (Wildman–Crippen MR) is 72.8 cm³/mol. The zero-order chi connectivity index (χ0) is 13.0. The minimum atomic E-state index is -0.408. The minimum absolute atomic E-state index is 0.408. The van der Waals surface area contributed by atoms with Gasteiger partial charge in [0.25, 0.3) is 0 Å². The van der Waals surface area contributed by atoms with Gasteiger partial charge in [0.1, 0.15) is 5.75 Å². The molecule has 0 heterocycles. The van der Waals surface area contributed by atoms with Gasteiger partial charge in [0.2, 0.25) is 0 Å². The number of methoxy groups -OCH3 is 1. The number of ether oxygens (including phenoxy) is 1. The molecule has 1 fully saturated rings. The summed E-state index contributed by atoms with van der Waals surface area (Å²) in [6, 6.07) is 7.67. The number of nitrogens with zero attached hydrogens (tertiary/aromatic N) is 1. The summed E-state index contributed by atoms with van der Waals surface area (Å²) in [6.07, 6.45) is 2.30. The van der Waals surface area contributed by atoms with Crippen molar-refractivity contribution in [1.82, 2.24) is 4.90 Å². The standard InChI is InChI=1S/C15H23NO2/c1-3-16(10-12-4-5-12)11-15(17)13-6-8-14(18-2)9-7-13/h6-9,12,15,17H,3-5,10-11H2,1-2H3. The van der Waals surface area contributed by atoms with Gasteiger partial charge in [-0.1, -0.05) is 19.1 Å². The van der Waals surface area contributed by atoms with E-state index in [1.54, 1.807) is 7.11 Å². The molecule has 1 aromatic carbocycles. The van der Waals surface area contributed by atoms with E-state index in [0.717, 1.165) is 36.9 Å². The van der Waals surface area contributed by atoms with Gasteiger partial charge in [-0.3, -0.25) is 0 Å². The summed E-state index contributed by atoms with van der Waals surface area (Å²) < 4.78 is 5.12. The molecule has 0 bridgehead atoms. The molecular formula is C15H23NO2. The number of aliphatic hydroxyl groups is 1. The van der Waals surface area contributed by atoms with Crippen LogP contribution in [0.5, 0.6) is 5.75 Å². The Kier molecular flexibility index (Phi) is 4.61. The summed E-state index contributed by atoms with van der Waals surface area (Å²) in [7, 11) is 1.65. The number of likely N-dealkylation sites (N-methyl/N-ethyl adjacent to an activating group) is 1. The molecule has 1 unspecified atom stereocenters. The van der Waals surface area contributed by atoms with Gasteiger partial charge in [-0.25, -0.2) is 0 Å². The van der Waals surface area contributed by atoms with Crippen LogP contribution in [0.25, 0.3) is 0 Å². The van der Waals surface area contributed by atoms with Gasteiger partial charge in [-0.2, -0.15) is 0 Å². The summed E-state index contributed by atoms with van der Waals surface area (Å²) in [5, 5.41) is 10.2. The molecule has 3 heteroatoms. The molecule has 1 aromatic rings. The van der Waals surface area contributed by atoms with Gasteiger partial charge in [0.05, 0.1) is 13.2 Å². The predicted octanol–water partition coefficient (Wildman–Crippen LogP) is 2.46. The lowest BCUT2D eigenvalue weighted by molar-refractivity contribution is 0.113. The zero-order valence-corrected chi connectivity index (χ0v) is 11.3. The van der Waals surface area contributed by atoms with Crippen LogP contribution in [0.4, 0.5) is 0 Å². The number of benzene rings is 1. The fraction of sp³-hybridized carbons (Fsp3) is 0.600. The molecule has 0 aliphatic heterocycles. The summed E-state index contributed by atoms with van der Waals surface area (Å²) in [5.74, 6) is 1.70. The number of hydrogen-bond acceptors (Lipinski definition) is 3. The SMILES string of the molecule is CCN(CC1CC1)CC(O)c1ccc(OC)cc1. The Hall–Kier alpha value is -1.06. The van der Waals surface area contributed by atoms with E-state index < -0.39 is 6.10 Å². The Morgan fingerprint density at radius 2 is 2.00 bits per heavy atom. The highest BCUT2D eigenvalue weighted by atomic mass is 16.5. The number of aliphatic hydroxyl groups excluding tert-OH is 1. The summed E-state index contributed by atoms with van der Waals surface area (Å²) in [4.78, 5) is 2.34. The molecule has 1 aliphatic rings. The number of hydrogen-bond donors (Lipinski definition) is 1. The third-order valence-electron chi connectivity index (χ3n) is 3.59. The molecule has 18 heavy (non-hydrogen) atoms. The Bertz CT molecular complexity index is 359. The van der Waals surface area contributed by atoms with Gasteiger partial charge in [-0.15, -0.1) is 0 Å². The van der Waals surface area contributed by atoms with Crippen molar-refractivity contribution < 1.29 is 9.84 Å². The lowest BCUT2D eigenvalue weighted by Crippen LogP contribution is -2.30. The Labute approximate surface area is 109 Å². The molecule has 1 atom stereocenters. The third-order valence-corrected chi connectivity index (χ3v) is 3.59. The van der Waals surface area contributed by atoms with Gasteiger partial charge < -0.3 is 14.7 Å². The summed E-state index contributed by atoms with van der Waals surface area (Å²) in [6.45, 7) is 5.01. The van der Waals surface area contributed by atoms with E-state index in [-0.39, 0.29) is 0 Å². The summed E-state index contributed by atoms with van der Waals surface area (Å²) in [5.41, 5.74) is 0.963. The van der Waals surface area contributed by atoms with Gasteiger partial charge in [-0.05, 0) is 43.0 Å². The van der Waals surface area contributed by atoms with Crippen molar-refractivity contribution in [3.8, 4) is 5.75 Å². The average Bonchev–Trinajstić information content (AvgIpc) is 3.22. The van der Waals surface area contributed by atoms with Crippen LogP contribution in [0.1, 0.15) is 31.4 Å². The van der Waals surface area contributed by atoms with Gasteiger partial charge in [0, 0.05) is 13.1 Å². The largest absolute Gasteiger partial charge is 0.497 e. The Morgan fingerprint density at radius 1 is 1.33 bits per heavy atom. The first-order valence-corrected chi connectivity index (χ1v) is 6.77. The van der Waals surface area contributed by atoms with Crippen molar-refractivity contribution in [2.24, 2.45) is 5.92 Å². The third kappa shape index (κ3) is 3.72. The second-order valence-corrected chi connectivity index (χ2v) is 5.08. The van der Waals surface area contributed by atoms with E-state index in [1.807, 2.05) is 24.3 Å². The van der Waals surface area contributed by atoms with Crippen molar-refractivity contribution in [2.45, 2.75) is 25.9 Å². The van der Waals surface area contributed by atoms with E-state index in [9.17, 15) is 5.11 Å². The van der Waals surface area contributed by atoms with E-state index in [2.05, 4.69) is 11.8 Å². The zero-order valence-electron chi connectivity index (χ0n) is 11.3. The molecule has 0 spiro atoms. The molecule has 100 valence electrons. The van der Waals surface area contributed by atoms with Crippen LogP contribution < -0.4 is 4.74 Å².